The summed E-state index contributed by atoms with van der Waals surface area (Å²) < 4.78 is 5.99. The highest BCUT2D eigenvalue weighted by molar-refractivity contribution is 7.20. The lowest BCUT2D eigenvalue weighted by Crippen LogP contribution is -2.04. The van der Waals surface area contributed by atoms with Crippen LogP contribution in [0.3, 0.4) is 0 Å². The van der Waals surface area contributed by atoms with Gasteiger partial charge in [0.1, 0.15) is 5.82 Å². The van der Waals surface area contributed by atoms with Crippen molar-refractivity contribution in [1.82, 2.24) is 14.1 Å². The average molecular weight is 532 g/mol. The molecule has 0 spiro atoms. The van der Waals surface area contributed by atoms with Gasteiger partial charge in [-0.15, -0.1) is 11.3 Å². The van der Waals surface area contributed by atoms with Crippen LogP contribution in [0.1, 0.15) is 29.7 Å². The molecule has 8 aromatic rings. The van der Waals surface area contributed by atoms with Crippen LogP contribution in [0.2, 0.25) is 0 Å². The maximum absolute atomic E-state index is 5.57. The first-order valence-electron chi connectivity index (χ1n) is 13.9. The molecule has 0 amide bonds. The molecule has 1 unspecified atom stereocenters. The Morgan fingerprint density at radius 1 is 0.650 bits per heavy atom. The second kappa shape index (κ2) is 8.17. The van der Waals surface area contributed by atoms with E-state index in [9.17, 15) is 0 Å². The number of pyridine rings is 1. The summed E-state index contributed by atoms with van der Waals surface area (Å²) in [7, 11) is 0. The van der Waals surface area contributed by atoms with Crippen molar-refractivity contribution in [3.63, 3.8) is 0 Å². The first kappa shape index (κ1) is 22.2. The maximum Gasteiger partial charge on any atom is 0.158 e. The van der Waals surface area contributed by atoms with Gasteiger partial charge in [0.2, 0.25) is 0 Å². The van der Waals surface area contributed by atoms with Gasteiger partial charge in [0.05, 0.1) is 26.8 Å². The third-order valence-corrected chi connectivity index (χ3v) is 9.98. The van der Waals surface area contributed by atoms with Gasteiger partial charge >= 0.3 is 0 Å². The molecule has 0 radical (unpaired) electrons. The van der Waals surface area contributed by atoms with E-state index in [-0.39, 0.29) is 0 Å². The number of para-hydroxylation sites is 4. The number of hydrogen-bond donors (Lipinski definition) is 0. The molecule has 3 nitrogen and oxygen atoms in total. The standard InChI is InChI=1S/C36H25N3S/c1-22-11-10-16-27-28-21-33(38-29-17-6-2-12-23(29)24-13-3-7-18-30(24)38)37-36(35(28)40-34(22)27)39-31-19-8-4-14-25(31)26-15-5-9-20-32(26)39/h2-10,12-22H,11H2,1H3. The molecule has 0 N–H and O–H groups in total. The van der Waals surface area contributed by atoms with Crippen molar-refractivity contribution in [3.8, 4) is 11.6 Å². The van der Waals surface area contributed by atoms with E-state index in [1.54, 1.807) is 0 Å². The molecule has 0 saturated heterocycles. The fourth-order valence-electron chi connectivity index (χ4n) is 6.73. The Labute approximate surface area is 235 Å². The maximum atomic E-state index is 5.57. The molecule has 0 saturated carbocycles. The molecule has 4 heterocycles. The predicted molar refractivity (Wildman–Crippen MR) is 170 cm³/mol. The van der Waals surface area contributed by atoms with Crippen LogP contribution in [0, 0.1) is 0 Å². The third-order valence-electron chi connectivity index (χ3n) is 8.53. The molecule has 4 aromatic carbocycles. The highest BCUT2D eigenvalue weighted by atomic mass is 32.1. The van der Waals surface area contributed by atoms with Crippen molar-refractivity contribution < 1.29 is 0 Å². The van der Waals surface area contributed by atoms with E-state index in [0.29, 0.717) is 5.92 Å². The lowest BCUT2D eigenvalue weighted by molar-refractivity contribution is 0.791. The Morgan fingerprint density at radius 3 is 1.70 bits per heavy atom. The molecule has 0 bridgehead atoms. The van der Waals surface area contributed by atoms with Crippen LogP contribution in [0.25, 0.3) is 71.4 Å². The number of nitrogens with zero attached hydrogens (tertiary/aromatic N) is 3. The number of benzene rings is 4. The zero-order chi connectivity index (χ0) is 26.4. The van der Waals surface area contributed by atoms with Crippen LogP contribution in [0.15, 0.2) is 109 Å². The van der Waals surface area contributed by atoms with Gasteiger partial charge in [0, 0.05) is 31.8 Å². The van der Waals surface area contributed by atoms with Crippen LogP contribution in [0.5, 0.6) is 0 Å². The molecule has 1 atom stereocenters. The summed E-state index contributed by atoms with van der Waals surface area (Å²) in [5.74, 6) is 2.46. The van der Waals surface area contributed by atoms with Gasteiger partial charge in [-0.25, -0.2) is 4.98 Å². The van der Waals surface area contributed by atoms with Crippen LogP contribution >= 0.6 is 11.3 Å². The number of aromatic nitrogens is 3. The first-order chi connectivity index (χ1) is 19.8. The Balaban J connectivity index is 1.48. The van der Waals surface area contributed by atoms with E-state index in [4.69, 9.17) is 4.98 Å². The van der Waals surface area contributed by atoms with Crippen molar-refractivity contribution in [2.75, 3.05) is 0 Å². The summed E-state index contributed by atoms with van der Waals surface area (Å²) in [5.41, 5.74) is 6.08. The van der Waals surface area contributed by atoms with Gasteiger partial charge in [-0.1, -0.05) is 91.9 Å². The van der Waals surface area contributed by atoms with Crippen LogP contribution in [-0.4, -0.2) is 14.1 Å². The van der Waals surface area contributed by atoms with E-state index in [2.05, 4.69) is 131 Å². The molecular formula is C36H25N3S. The zero-order valence-corrected chi connectivity index (χ0v) is 22.8. The van der Waals surface area contributed by atoms with Gasteiger partial charge < -0.3 is 0 Å². The van der Waals surface area contributed by atoms with Gasteiger partial charge in [0.25, 0.3) is 0 Å². The predicted octanol–water partition coefficient (Wildman–Crippen LogP) is 10.0. The van der Waals surface area contributed by atoms with Crippen LogP contribution in [-0.2, 0) is 0 Å². The largest absolute Gasteiger partial charge is 0.294 e. The van der Waals surface area contributed by atoms with Gasteiger partial charge in [-0.3, -0.25) is 9.13 Å². The summed E-state index contributed by atoms with van der Waals surface area (Å²) in [6.45, 7) is 2.35. The molecule has 4 heteroatoms. The number of fused-ring (bicyclic) bond motifs is 9. The van der Waals surface area contributed by atoms with Crippen molar-refractivity contribution >= 4 is 71.1 Å². The quantitative estimate of drug-likeness (QED) is 0.218. The topological polar surface area (TPSA) is 22.8 Å². The van der Waals surface area contributed by atoms with Gasteiger partial charge in [0.15, 0.2) is 5.82 Å². The SMILES string of the molecule is CC1CC=Cc2c1sc1c(-n3c4ccccc4c4ccccc43)nc(-n3c4ccccc4c4ccccc43)cc21. The monoisotopic (exact) mass is 531 g/mol. The van der Waals surface area contributed by atoms with Crippen molar-refractivity contribution in [2.45, 2.75) is 19.3 Å². The Morgan fingerprint density at radius 2 is 1.15 bits per heavy atom. The Hall–Kier alpha value is -4.67. The number of hydrogen-bond acceptors (Lipinski definition) is 2. The normalized spacial score (nSPS) is 15.2. The molecular weight excluding hydrogens is 506 g/mol. The lowest BCUT2D eigenvalue weighted by Gasteiger charge is -2.14. The van der Waals surface area contributed by atoms with Gasteiger partial charge in [-0.2, -0.15) is 0 Å². The molecule has 9 rings (SSSR count). The third kappa shape index (κ3) is 2.91. The number of rotatable bonds is 2. The minimum atomic E-state index is 0.500. The summed E-state index contributed by atoms with van der Waals surface area (Å²) in [6.07, 6.45) is 5.75. The molecule has 0 aliphatic heterocycles. The smallest absolute Gasteiger partial charge is 0.158 e. The highest BCUT2D eigenvalue weighted by Gasteiger charge is 2.25. The van der Waals surface area contributed by atoms with E-state index in [1.165, 1.54) is 64.1 Å². The number of thiophene rings is 1. The molecule has 1 aliphatic rings. The molecule has 1 aliphatic carbocycles. The van der Waals surface area contributed by atoms with Crippen LogP contribution < -0.4 is 0 Å². The summed E-state index contributed by atoms with van der Waals surface area (Å²) in [4.78, 5) is 7.03. The minimum absolute atomic E-state index is 0.500. The number of allylic oxidation sites excluding steroid dienone is 1. The minimum Gasteiger partial charge on any atom is -0.294 e. The van der Waals surface area contributed by atoms with Crippen molar-refractivity contribution in [2.24, 2.45) is 0 Å². The Kier molecular flexibility index (Phi) is 4.53. The summed E-state index contributed by atoms with van der Waals surface area (Å²) >= 11 is 1.92. The molecule has 40 heavy (non-hydrogen) atoms. The zero-order valence-electron chi connectivity index (χ0n) is 22.0. The fraction of sp³-hybridized carbons (Fsp3) is 0.0833. The van der Waals surface area contributed by atoms with E-state index >= 15 is 0 Å². The summed E-state index contributed by atoms with van der Waals surface area (Å²) in [5, 5.41) is 6.29. The fourth-order valence-corrected chi connectivity index (χ4v) is 8.04. The molecule has 0 fully saturated rings. The second-order valence-corrected chi connectivity index (χ2v) is 11.9. The first-order valence-corrected chi connectivity index (χ1v) is 14.7. The van der Waals surface area contributed by atoms with E-state index in [1.807, 2.05) is 11.3 Å². The summed E-state index contributed by atoms with van der Waals surface area (Å²) in [6, 6.07) is 37.1. The lowest BCUT2D eigenvalue weighted by atomic mass is 9.95. The van der Waals surface area contributed by atoms with Crippen molar-refractivity contribution in [1.29, 1.82) is 0 Å². The second-order valence-electron chi connectivity index (χ2n) is 10.8. The average Bonchev–Trinajstić information content (AvgIpc) is 3.66. The van der Waals surface area contributed by atoms with E-state index in [0.717, 1.165) is 18.1 Å². The van der Waals surface area contributed by atoms with Crippen molar-refractivity contribution in [3.05, 3.63) is 120 Å². The Bertz CT molecular complexity index is 2220. The van der Waals surface area contributed by atoms with Crippen LogP contribution in [0.4, 0.5) is 0 Å². The highest BCUT2D eigenvalue weighted by Crippen LogP contribution is 2.45. The molecule has 4 aromatic heterocycles. The van der Waals surface area contributed by atoms with E-state index < -0.39 is 0 Å². The molecule has 190 valence electrons. The van der Waals surface area contributed by atoms with Gasteiger partial charge in [-0.05, 0) is 48.2 Å².